The predicted octanol–water partition coefficient (Wildman–Crippen LogP) is 1.75. The second kappa shape index (κ2) is 11.8. The lowest BCUT2D eigenvalue weighted by atomic mass is 10.4. The number of rotatable bonds is 0. The van der Waals surface area contributed by atoms with E-state index in [-0.39, 0.29) is 23.6 Å². The molecule has 1 fully saturated rings. The van der Waals surface area contributed by atoms with E-state index in [9.17, 15) is 19.2 Å². The third-order valence-corrected chi connectivity index (χ3v) is 2.33. The Kier molecular flexibility index (Phi) is 12.0. The maximum absolute atomic E-state index is 10.5. The highest BCUT2D eigenvalue weighted by Gasteiger charge is 2.24. The van der Waals surface area contributed by atoms with Gasteiger partial charge >= 0.3 is 0 Å². The SMILES string of the molecule is CC.CCC.CN1C(=O)C=CC1=O.CN1C(=O)CCC1=O. The zero-order valence-electron chi connectivity index (χ0n) is 13.8. The summed E-state index contributed by atoms with van der Waals surface area (Å²) in [7, 11) is 2.96. The average molecular weight is 298 g/mol. The summed E-state index contributed by atoms with van der Waals surface area (Å²) in [5, 5.41) is 0. The van der Waals surface area contributed by atoms with Crippen molar-refractivity contribution in [1.82, 2.24) is 9.80 Å². The van der Waals surface area contributed by atoms with E-state index in [0.717, 1.165) is 4.90 Å². The molecule has 2 aliphatic rings. The van der Waals surface area contributed by atoms with Crippen molar-refractivity contribution < 1.29 is 19.2 Å². The maximum Gasteiger partial charge on any atom is 0.253 e. The van der Waals surface area contributed by atoms with E-state index in [4.69, 9.17) is 0 Å². The van der Waals surface area contributed by atoms with Crippen molar-refractivity contribution in [2.24, 2.45) is 0 Å². The standard InChI is InChI=1S/C5H7NO2.C5H5NO2.C3H8.C2H6/c2*1-6-4(7)2-3-5(6)8;1-3-2;1-2/h2-3H2,1H3;2-3H,1H3;3H2,1-2H3;1-2H3. The van der Waals surface area contributed by atoms with Crippen LogP contribution in [0.4, 0.5) is 0 Å². The van der Waals surface area contributed by atoms with Crippen molar-refractivity contribution in [3.8, 4) is 0 Å². The fourth-order valence-electron chi connectivity index (χ4n) is 1.16. The van der Waals surface area contributed by atoms with E-state index in [0.29, 0.717) is 12.8 Å². The number of hydrogen-bond donors (Lipinski definition) is 0. The van der Waals surface area contributed by atoms with Crippen molar-refractivity contribution in [3.63, 3.8) is 0 Å². The summed E-state index contributed by atoms with van der Waals surface area (Å²) in [6, 6.07) is 0. The van der Waals surface area contributed by atoms with Crippen molar-refractivity contribution in [3.05, 3.63) is 12.2 Å². The molecule has 0 atom stereocenters. The summed E-state index contributed by atoms with van der Waals surface area (Å²) >= 11 is 0. The van der Waals surface area contributed by atoms with Gasteiger partial charge in [0.2, 0.25) is 11.8 Å². The summed E-state index contributed by atoms with van der Waals surface area (Å²) in [5.41, 5.74) is 0. The lowest BCUT2D eigenvalue weighted by molar-refractivity contribution is -0.137. The molecule has 0 N–H and O–H groups in total. The smallest absolute Gasteiger partial charge is 0.253 e. The Balaban J connectivity index is 0. The van der Waals surface area contributed by atoms with Gasteiger partial charge in [-0.15, -0.1) is 0 Å². The molecule has 0 aromatic heterocycles. The third kappa shape index (κ3) is 8.02. The zero-order valence-corrected chi connectivity index (χ0v) is 13.8. The molecule has 21 heavy (non-hydrogen) atoms. The van der Waals surface area contributed by atoms with Crippen LogP contribution in [0.15, 0.2) is 12.2 Å². The predicted molar refractivity (Wildman–Crippen MR) is 81.2 cm³/mol. The number of likely N-dealkylation sites (N-methyl/N-ethyl adjacent to an activating group) is 1. The van der Waals surface area contributed by atoms with Gasteiger partial charge in [0, 0.05) is 39.1 Å². The normalized spacial score (nSPS) is 15.9. The lowest BCUT2D eigenvalue weighted by Crippen LogP contribution is -2.24. The van der Waals surface area contributed by atoms with Gasteiger partial charge in [0.25, 0.3) is 11.8 Å². The van der Waals surface area contributed by atoms with Crippen LogP contribution in [0.3, 0.4) is 0 Å². The molecular formula is C15H26N2O4. The molecule has 0 aromatic carbocycles. The first-order valence-corrected chi connectivity index (χ1v) is 7.14. The third-order valence-electron chi connectivity index (χ3n) is 2.33. The summed E-state index contributed by atoms with van der Waals surface area (Å²) in [6.45, 7) is 8.25. The molecule has 2 aliphatic heterocycles. The largest absolute Gasteiger partial charge is 0.286 e. The highest BCUT2D eigenvalue weighted by molar-refractivity contribution is 6.12. The van der Waals surface area contributed by atoms with E-state index in [1.54, 1.807) is 0 Å². The minimum absolute atomic E-state index is 0.0602. The Hall–Kier alpha value is -1.98. The van der Waals surface area contributed by atoms with Crippen LogP contribution in [-0.2, 0) is 19.2 Å². The average Bonchev–Trinajstić information content (AvgIpc) is 2.93. The first-order valence-electron chi connectivity index (χ1n) is 7.14. The van der Waals surface area contributed by atoms with Gasteiger partial charge in [0.1, 0.15) is 0 Å². The van der Waals surface area contributed by atoms with Gasteiger partial charge in [-0.3, -0.25) is 29.0 Å². The van der Waals surface area contributed by atoms with E-state index in [2.05, 4.69) is 13.8 Å². The van der Waals surface area contributed by atoms with Crippen LogP contribution in [0.1, 0.15) is 47.0 Å². The molecule has 0 bridgehead atoms. The van der Waals surface area contributed by atoms with E-state index >= 15 is 0 Å². The van der Waals surface area contributed by atoms with Gasteiger partial charge in [0.15, 0.2) is 0 Å². The number of nitrogens with zero attached hydrogens (tertiary/aromatic N) is 2. The first-order chi connectivity index (χ1) is 9.84. The molecule has 0 radical (unpaired) electrons. The molecule has 0 saturated carbocycles. The molecule has 0 aliphatic carbocycles. The molecule has 2 rings (SSSR count). The number of imide groups is 2. The Labute approximate surface area is 126 Å². The molecule has 2 heterocycles. The van der Waals surface area contributed by atoms with Gasteiger partial charge in [0.05, 0.1) is 0 Å². The molecule has 0 spiro atoms. The van der Waals surface area contributed by atoms with Crippen molar-refractivity contribution in [2.45, 2.75) is 47.0 Å². The van der Waals surface area contributed by atoms with Gasteiger partial charge in [-0.2, -0.15) is 0 Å². The Morgan fingerprint density at radius 1 is 0.810 bits per heavy atom. The van der Waals surface area contributed by atoms with Crippen LogP contribution in [0.2, 0.25) is 0 Å². The summed E-state index contributed by atoms with van der Waals surface area (Å²) in [5.74, 6) is -0.602. The molecule has 0 unspecified atom stereocenters. The Morgan fingerprint density at radius 3 is 1.19 bits per heavy atom. The number of carbonyl (C=O) groups is 4. The number of carbonyl (C=O) groups excluding carboxylic acids is 4. The molecule has 6 heteroatoms. The molecule has 120 valence electrons. The quantitative estimate of drug-likeness (QED) is 0.639. The van der Waals surface area contributed by atoms with Gasteiger partial charge < -0.3 is 0 Å². The fraction of sp³-hybridized carbons (Fsp3) is 0.600. The summed E-state index contributed by atoms with van der Waals surface area (Å²) < 4.78 is 0. The second-order valence-corrected chi connectivity index (χ2v) is 4.12. The zero-order chi connectivity index (χ0) is 17.0. The fourth-order valence-corrected chi connectivity index (χ4v) is 1.16. The van der Waals surface area contributed by atoms with Gasteiger partial charge in [-0.25, -0.2) is 0 Å². The molecular weight excluding hydrogens is 272 g/mol. The summed E-state index contributed by atoms with van der Waals surface area (Å²) in [6.07, 6.45) is 4.55. The highest BCUT2D eigenvalue weighted by Crippen LogP contribution is 2.07. The molecule has 0 aromatic rings. The number of likely N-dealkylation sites (tertiary alicyclic amines) is 1. The van der Waals surface area contributed by atoms with Crippen molar-refractivity contribution in [2.75, 3.05) is 14.1 Å². The van der Waals surface area contributed by atoms with Crippen molar-refractivity contribution >= 4 is 23.6 Å². The molecule has 6 nitrogen and oxygen atoms in total. The minimum Gasteiger partial charge on any atom is -0.286 e. The number of hydrogen-bond acceptors (Lipinski definition) is 4. The van der Waals surface area contributed by atoms with Gasteiger partial charge in [-0.05, 0) is 0 Å². The molecule has 1 saturated heterocycles. The summed E-state index contributed by atoms with van der Waals surface area (Å²) in [4.78, 5) is 44.0. The molecule has 4 amide bonds. The van der Waals surface area contributed by atoms with E-state index in [1.807, 2.05) is 13.8 Å². The van der Waals surface area contributed by atoms with E-state index in [1.165, 1.54) is 37.6 Å². The van der Waals surface area contributed by atoms with Crippen LogP contribution in [0.5, 0.6) is 0 Å². The lowest BCUT2D eigenvalue weighted by Gasteiger charge is -2.01. The van der Waals surface area contributed by atoms with Crippen LogP contribution in [0.25, 0.3) is 0 Å². The van der Waals surface area contributed by atoms with E-state index < -0.39 is 0 Å². The Bertz CT molecular complexity index is 368. The minimum atomic E-state index is -0.241. The topological polar surface area (TPSA) is 74.8 Å². The Morgan fingerprint density at radius 2 is 1.10 bits per heavy atom. The van der Waals surface area contributed by atoms with Crippen LogP contribution in [0, 0.1) is 0 Å². The second-order valence-electron chi connectivity index (χ2n) is 4.12. The van der Waals surface area contributed by atoms with Gasteiger partial charge in [-0.1, -0.05) is 34.1 Å². The van der Waals surface area contributed by atoms with Crippen LogP contribution >= 0.6 is 0 Å². The van der Waals surface area contributed by atoms with Crippen molar-refractivity contribution in [1.29, 1.82) is 0 Å². The first kappa shape index (κ1) is 21.3. The van der Waals surface area contributed by atoms with Crippen LogP contribution < -0.4 is 0 Å². The van der Waals surface area contributed by atoms with Crippen LogP contribution in [-0.4, -0.2) is 47.5 Å². The maximum atomic E-state index is 10.5. The highest BCUT2D eigenvalue weighted by atomic mass is 16.2. The number of amides is 4. The monoisotopic (exact) mass is 298 g/mol.